The van der Waals surface area contributed by atoms with Gasteiger partial charge in [-0.15, -0.1) is 0 Å². The van der Waals surface area contributed by atoms with Crippen molar-refractivity contribution in [3.8, 4) is 0 Å². The Bertz CT molecular complexity index is 645. The molecule has 0 fully saturated rings. The molecule has 7 heteroatoms. The maximum Gasteiger partial charge on any atom is 0.328 e. The van der Waals surface area contributed by atoms with E-state index < -0.39 is 23.1 Å². The summed E-state index contributed by atoms with van der Waals surface area (Å²) in [6, 6.07) is -0.370. The highest BCUT2D eigenvalue weighted by atomic mass is 16.3. The number of nitrogens with one attached hydrogen (secondary N) is 1. The minimum absolute atomic E-state index is 0.187. The van der Waals surface area contributed by atoms with E-state index in [1.807, 2.05) is 0 Å². The number of aromatic nitrogens is 2. The van der Waals surface area contributed by atoms with Crippen molar-refractivity contribution in [2.75, 3.05) is 19.8 Å². The molecule has 21 heavy (non-hydrogen) atoms. The van der Waals surface area contributed by atoms with E-state index in [1.54, 1.807) is 13.0 Å². The van der Waals surface area contributed by atoms with Crippen LogP contribution in [0.4, 0.5) is 0 Å². The summed E-state index contributed by atoms with van der Waals surface area (Å²) in [5, 5.41) is 28.5. The molecule has 1 aliphatic carbocycles. The number of aryl methyl sites for hydroxylation is 1. The van der Waals surface area contributed by atoms with Crippen LogP contribution in [0.5, 0.6) is 0 Å². The van der Waals surface area contributed by atoms with Crippen molar-refractivity contribution < 1.29 is 15.3 Å². The molecule has 0 aromatic carbocycles. The molecule has 0 amide bonds. The Labute approximate surface area is 121 Å². The minimum Gasteiger partial charge on any atom is -0.396 e. The maximum atomic E-state index is 12.0. The van der Waals surface area contributed by atoms with Crippen LogP contribution in [0.15, 0.2) is 27.4 Å². The number of nitrogens with zero attached hydrogens (tertiary/aromatic N) is 1. The zero-order valence-corrected chi connectivity index (χ0v) is 11.8. The van der Waals surface area contributed by atoms with E-state index >= 15 is 0 Å². The van der Waals surface area contributed by atoms with Crippen LogP contribution in [0.2, 0.25) is 0 Å². The second kappa shape index (κ2) is 6.38. The Morgan fingerprint density at radius 2 is 2.00 bits per heavy atom. The number of H-pyrrole nitrogens is 1. The van der Waals surface area contributed by atoms with Crippen molar-refractivity contribution in [2.24, 2.45) is 11.8 Å². The van der Waals surface area contributed by atoms with Crippen LogP contribution in [0.25, 0.3) is 0 Å². The van der Waals surface area contributed by atoms with Gasteiger partial charge in [0.2, 0.25) is 0 Å². The van der Waals surface area contributed by atoms with E-state index in [0.717, 1.165) is 0 Å². The molecule has 1 aromatic heterocycles. The third-order valence-electron chi connectivity index (χ3n) is 4.20. The van der Waals surface area contributed by atoms with Gasteiger partial charge in [-0.3, -0.25) is 14.3 Å². The first-order valence-corrected chi connectivity index (χ1v) is 6.87. The summed E-state index contributed by atoms with van der Waals surface area (Å²) in [5.41, 5.74) is 0.107. The van der Waals surface area contributed by atoms with E-state index in [2.05, 4.69) is 4.98 Å². The summed E-state index contributed by atoms with van der Waals surface area (Å²) in [6.07, 6.45) is 3.70. The van der Waals surface area contributed by atoms with E-state index in [4.69, 9.17) is 0 Å². The third-order valence-corrected chi connectivity index (χ3v) is 4.20. The minimum atomic E-state index is -0.536. The van der Waals surface area contributed by atoms with Gasteiger partial charge in [0.1, 0.15) is 0 Å². The lowest BCUT2D eigenvalue weighted by Crippen LogP contribution is -2.41. The summed E-state index contributed by atoms with van der Waals surface area (Å²) in [7, 11) is 0. The number of aliphatic hydroxyl groups excluding tert-OH is 3. The predicted octanol–water partition coefficient (Wildman–Crippen LogP) is -1.07. The number of aliphatic hydroxyl groups is 3. The Morgan fingerprint density at radius 3 is 2.57 bits per heavy atom. The highest BCUT2D eigenvalue weighted by molar-refractivity contribution is 5.16. The second-order valence-corrected chi connectivity index (χ2v) is 5.35. The van der Waals surface area contributed by atoms with Gasteiger partial charge in [0, 0.05) is 36.2 Å². The zero-order valence-electron chi connectivity index (χ0n) is 11.8. The summed E-state index contributed by atoms with van der Waals surface area (Å²) in [6.45, 7) is 0.973. The molecule has 2 rings (SSSR count). The molecule has 1 heterocycles. The van der Waals surface area contributed by atoms with Crippen LogP contribution in [0, 0.1) is 18.8 Å². The van der Waals surface area contributed by atoms with Crippen molar-refractivity contribution in [3.63, 3.8) is 0 Å². The molecule has 0 bridgehead atoms. The van der Waals surface area contributed by atoms with Crippen LogP contribution in [0.3, 0.4) is 0 Å². The van der Waals surface area contributed by atoms with Crippen molar-refractivity contribution in [2.45, 2.75) is 19.4 Å². The fourth-order valence-corrected chi connectivity index (χ4v) is 2.98. The molecule has 116 valence electrons. The predicted molar refractivity (Wildman–Crippen MR) is 76.0 cm³/mol. The Kier molecular flexibility index (Phi) is 4.76. The molecule has 0 saturated carbocycles. The summed E-state index contributed by atoms with van der Waals surface area (Å²) in [4.78, 5) is 25.7. The number of rotatable bonds is 4. The Morgan fingerprint density at radius 1 is 1.29 bits per heavy atom. The van der Waals surface area contributed by atoms with Gasteiger partial charge in [0.15, 0.2) is 0 Å². The van der Waals surface area contributed by atoms with Crippen LogP contribution >= 0.6 is 0 Å². The third kappa shape index (κ3) is 2.85. The van der Waals surface area contributed by atoms with Gasteiger partial charge in [0.25, 0.3) is 5.56 Å². The molecule has 1 aliphatic rings. The Hall–Kier alpha value is -1.70. The summed E-state index contributed by atoms with van der Waals surface area (Å²) >= 11 is 0. The molecule has 0 radical (unpaired) electrons. The average Bonchev–Trinajstić information content (AvgIpc) is 2.49. The summed E-state index contributed by atoms with van der Waals surface area (Å²) < 4.78 is 1.39. The molecule has 4 N–H and O–H groups in total. The van der Waals surface area contributed by atoms with Gasteiger partial charge in [0.05, 0.1) is 13.2 Å². The lowest BCUT2D eigenvalue weighted by Gasteiger charge is -2.37. The molecule has 0 spiro atoms. The van der Waals surface area contributed by atoms with Gasteiger partial charge in [-0.25, -0.2) is 4.79 Å². The first kappa shape index (κ1) is 15.7. The van der Waals surface area contributed by atoms with Crippen LogP contribution in [-0.2, 0) is 0 Å². The number of allylic oxidation sites excluding steroid dienone is 1. The number of hydrogen-bond acceptors (Lipinski definition) is 5. The second-order valence-electron chi connectivity index (χ2n) is 5.35. The van der Waals surface area contributed by atoms with Gasteiger partial charge >= 0.3 is 5.69 Å². The highest BCUT2D eigenvalue weighted by Gasteiger charge is 2.35. The van der Waals surface area contributed by atoms with Gasteiger partial charge < -0.3 is 15.3 Å². The van der Waals surface area contributed by atoms with Crippen LogP contribution < -0.4 is 11.2 Å². The van der Waals surface area contributed by atoms with E-state index in [9.17, 15) is 24.9 Å². The van der Waals surface area contributed by atoms with E-state index in [0.29, 0.717) is 17.6 Å². The molecule has 0 unspecified atom stereocenters. The molecular weight excluding hydrogens is 276 g/mol. The monoisotopic (exact) mass is 296 g/mol. The summed E-state index contributed by atoms with van der Waals surface area (Å²) in [5.74, 6) is -0.803. The largest absolute Gasteiger partial charge is 0.396 e. The molecule has 7 nitrogen and oxygen atoms in total. The maximum absolute atomic E-state index is 12.0. The van der Waals surface area contributed by atoms with Gasteiger partial charge in [-0.1, -0.05) is 6.08 Å². The standard InChI is InChI=1S/C14H20N2O5/c1-8-4-16(14(21)15-13(8)20)12-3-2-9(5-17)10(6-18)11(12)7-19/h2,4,10-12,17-19H,3,5-7H2,1H3,(H,15,20,21)/t10-,11-,12+/m0/s1. The van der Waals surface area contributed by atoms with E-state index in [1.165, 1.54) is 10.8 Å². The molecule has 0 aliphatic heterocycles. The number of hydrogen-bond donors (Lipinski definition) is 4. The molecule has 1 aromatic rings. The molecule has 3 atom stereocenters. The average molecular weight is 296 g/mol. The number of aromatic amines is 1. The van der Waals surface area contributed by atoms with Crippen molar-refractivity contribution in [3.05, 3.63) is 44.2 Å². The molecular formula is C14H20N2O5. The van der Waals surface area contributed by atoms with E-state index in [-0.39, 0.29) is 25.9 Å². The van der Waals surface area contributed by atoms with Gasteiger partial charge in [-0.05, 0) is 18.9 Å². The first-order chi connectivity index (χ1) is 10.0. The highest BCUT2D eigenvalue weighted by Crippen LogP contribution is 2.36. The fraction of sp³-hybridized carbons (Fsp3) is 0.571. The quantitative estimate of drug-likeness (QED) is 0.528. The van der Waals surface area contributed by atoms with Crippen LogP contribution in [0.1, 0.15) is 18.0 Å². The van der Waals surface area contributed by atoms with Crippen molar-refractivity contribution >= 4 is 0 Å². The van der Waals surface area contributed by atoms with Crippen LogP contribution in [-0.4, -0.2) is 44.7 Å². The normalized spacial score (nSPS) is 25.7. The smallest absolute Gasteiger partial charge is 0.328 e. The lowest BCUT2D eigenvalue weighted by atomic mass is 9.76. The topological polar surface area (TPSA) is 116 Å². The lowest BCUT2D eigenvalue weighted by molar-refractivity contribution is 0.0838. The molecule has 0 saturated heterocycles. The SMILES string of the molecule is Cc1cn([C@@H]2CC=C(CO)[C@H](CO)[C@@H]2CO)c(=O)[nH]c1=O. The zero-order chi connectivity index (χ0) is 15.6. The van der Waals surface area contributed by atoms with Crippen molar-refractivity contribution in [1.29, 1.82) is 0 Å². The fourth-order valence-electron chi connectivity index (χ4n) is 2.98. The van der Waals surface area contributed by atoms with Gasteiger partial charge in [-0.2, -0.15) is 0 Å². The van der Waals surface area contributed by atoms with Crippen molar-refractivity contribution in [1.82, 2.24) is 9.55 Å². The first-order valence-electron chi connectivity index (χ1n) is 6.87. The Balaban J connectivity index is 2.49.